The van der Waals surface area contributed by atoms with Gasteiger partial charge in [-0.2, -0.15) is 5.10 Å². The van der Waals surface area contributed by atoms with Gasteiger partial charge >= 0.3 is 0 Å². The lowest BCUT2D eigenvalue weighted by Gasteiger charge is -1.98. The van der Waals surface area contributed by atoms with Crippen molar-refractivity contribution in [3.05, 3.63) is 48.0 Å². The molecule has 2 aromatic heterocycles. The highest BCUT2D eigenvalue weighted by Gasteiger charge is 2.15. The summed E-state index contributed by atoms with van der Waals surface area (Å²) in [6.07, 6.45) is 4.56. The molecule has 0 aliphatic heterocycles. The van der Waals surface area contributed by atoms with Crippen LogP contribution in [0, 0.1) is 0 Å². The van der Waals surface area contributed by atoms with Crippen molar-refractivity contribution in [1.29, 1.82) is 0 Å². The van der Waals surface area contributed by atoms with Gasteiger partial charge in [0.25, 0.3) is 0 Å². The van der Waals surface area contributed by atoms with Gasteiger partial charge in [0.2, 0.25) is 0 Å². The molecular formula is C12H11N3O2. The lowest BCUT2D eigenvalue weighted by Crippen LogP contribution is -2.09. The summed E-state index contributed by atoms with van der Waals surface area (Å²) in [5.74, 6) is -0.490. The van der Waals surface area contributed by atoms with E-state index in [4.69, 9.17) is 0 Å². The molecule has 86 valence electrons. The molecule has 2 heterocycles. The van der Waals surface area contributed by atoms with Crippen molar-refractivity contribution in [2.45, 2.75) is 6.42 Å². The molecule has 0 amide bonds. The summed E-state index contributed by atoms with van der Waals surface area (Å²) in [6.45, 7) is 0. The minimum atomic E-state index is -0.271. The average Bonchev–Trinajstić information content (AvgIpc) is 2.77. The predicted octanol–water partition coefficient (Wildman–Crippen LogP) is 1.27. The Labute approximate surface area is 98.1 Å². The van der Waals surface area contributed by atoms with Crippen molar-refractivity contribution in [2.24, 2.45) is 7.05 Å². The number of ketones is 2. The second kappa shape index (κ2) is 4.69. The third-order valence-electron chi connectivity index (χ3n) is 2.32. The molecule has 0 fully saturated rings. The van der Waals surface area contributed by atoms with E-state index in [1.807, 2.05) is 0 Å². The van der Waals surface area contributed by atoms with Crippen LogP contribution in [0.4, 0.5) is 0 Å². The Bertz CT molecular complexity index is 546. The number of hydrogen-bond acceptors (Lipinski definition) is 4. The lowest BCUT2D eigenvalue weighted by atomic mass is 10.1. The molecule has 0 N–H and O–H groups in total. The van der Waals surface area contributed by atoms with Crippen LogP contribution in [0.3, 0.4) is 0 Å². The minimum Gasteiger partial charge on any atom is -0.294 e. The number of Topliss-reactive ketones (excluding diaryl/α,β-unsaturated/α-hetero) is 2. The summed E-state index contributed by atoms with van der Waals surface area (Å²) in [7, 11) is 1.72. The first-order chi connectivity index (χ1) is 8.16. The predicted molar refractivity (Wildman–Crippen MR) is 60.7 cm³/mol. The van der Waals surface area contributed by atoms with Crippen LogP contribution in [-0.2, 0) is 7.05 Å². The average molecular weight is 229 g/mol. The van der Waals surface area contributed by atoms with Crippen molar-refractivity contribution in [3.63, 3.8) is 0 Å². The molecule has 0 aliphatic rings. The third kappa shape index (κ3) is 2.63. The fraction of sp³-hybridized carbons (Fsp3) is 0.167. The molecule has 5 nitrogen and oxygen atoms in total. The summed E-state index contributed by atoms with van der Waals surface area (Å²) < 4.78 is 1.53. The van der Waals surface area contributed by atoms with E-state index in [-0.39, 0.29) is 18.0 Å². The summed E-state index contributed by atoms with van der Waals surface area (Å²) >= 11 is 0. The highest BCUT2D eigenvalue weighted by Crippen LogP contribution is 2.06. The molecule has 0 aliphatic carbocycles. The van der Waals surface area contributed by atoms with Crippen LogP contribution in [0.15, 0.2) is 36.8 Å². The number of hydrogen-bond donors (Lipinski definition) is 0. The number of rotatable bonds is 4. The first-order valence-corrected chi connectivity index (χ1v) is 5.13. The molecule has 0 aromatic carbocycles. The Balaban J connectivity index is 2.07. The molecular weight excluding hydrogens is 218 g/mol. The van der Waals surface area contributed by atoms with Gasteiger partial charge in [0, 0.05) is 31.2 Å². The number of nitrogens with zero attached hydrogens (tertiary/aromatic N) is 3. The highest BCUT2D eigenvalue weighted by atomic mass is 16.1. The largest absolute Gasteiger partial charge is 0.294 e. The molecule has 17 heavy (non-hydrogen) atoms. The maximum absolute atomic E-state index is 11.8. The van der Waals surface area contributed by atoms with Crippen molar-refractivity contribution in [3.8, 4) is 0 Å². The Morgan fingerprint density at radius 1 is 1.18 bits per heavy atom. The topological polar surface area (TPSA) is 64.8 Å². The van der Waals surface area contributed by atoms with E-state index >= 15 is 0 Å². The zero-order valence-electron chi connectivity index (χ0n) is 9.33. The van der Waals surface area contributed by atoms with E-state index in [0.717, 1.165) is 0 Å². The summed E-state index contributed by atoms with van der Waals surface area (Å²) in [6, 6.07) is 4.78. The first kappa shape index (κ1) is 11.2. The molecule has 2 aromatic rings. The van der Waals surface area contributed by atoms with E-state index in [1.54, 1.807) is 31.4 Å². The summed E-state index contributed by atoms with van der Waals surface area (Å²) in [5, 5.41) is 3.96. The van der Waals surface area contributed by atoms with Crippen molar-refractivity contribution >= 4 is 11.6 Å². The van der Waals surface area contributed by atoms with Crippen LogP contribution in [0.1, 0.15) is 27.3 Å². The van der Waals surface area contributed by atoms with Crippen molar-refractivity contribution < 1.29 is 9.59 Å². The smallest absolute Gasteiger partial charge is 0.190 e. The van der Waals surface area contributed by atoms with Crippen LogP contribution in [0.5, 0.6) is 0 Å². The van der Waals surface area contributed by atoms with Gasteiger partial charge < -0.3 is 0 Å². The van der Waals surface area contributed by atoms with Crippen LogP contribution in [-0.4, -0.2) is 26.3 Å². The van der Waals surface area contributed by atoms with Crippen molar-refractivity contribution in [1.82, 2.24) is 14.8 Å². The Morgan fingerprint density at radius 3 is 2.47 bits per heavy atom. The fourth-order valence-corrected chi connectivity index (χ4v) is 1.44. The maximum atomic E-state index is 11.8. The normalized spacial score (nSPS) is 10.2. The maximum Gasteiger partial charge on any atom is 0.190 e. The van der Waals surface area contributed by atoms with Gasteiger partial charge in [0.05, 0.1) is 6.42 Å². The van der Waals surface area contributed by atoms with Gasteiger partial charge in [-0.1, -0.05) is 0 Å². The van der Waals surface area contributed by atoms with Gasteiger partial charge in [0.1, 0.15) is 5.69 Å². The summed E-state index contributed by atoms with van der Waals surface area (Å²) in [4.78, 5) is 27.3. The molecule has 0 radical (unpaired) electrons. The molecule has 0 saturated carbocycles. The van der Waals surface area contributed by atoms with Crippen LogP contribution < -0.4 is 0 Å². The molecule has 0 bridgehead atoms. The number of aryl methyl sites for hydroxylation is 1. The molecule has 5 heteroatoms. The fourth-order valence-electron chi connectivity index (χ4n) is 1.44. The molecule has 0 spiro atoms. The zero-order chi connectivity index (χ0) is 12.3. The molecule has 0 atom stereocenters. The third-order valence-corrected chi connectivity index (χ3v) is 2.32. The number of pyridine rings is 1. The van der Waals surface area contributed by atoms with E-state index in [0.29, 0.717) is 11.3 Å². The minimum absolute atomic E-state index is 0.166. The summed E-state index contributed by atoms with van der Waals surface area (Å²) in [5.41, 5.74) is 0.805. The second-order valence-electron chi connectivity index (χ2n) is 3.63. The standard InChI is InChI=1S/C12H11N3O2/c1-15-7-4-10(14-15)12(17)8-11(16)9-2-5-13-6-3-9/h2-7H,8H2,1H3. The number of aromatic nitrogens is 3. The Kier molecular flexibility index (Phi) is 3.09. The van der Waals surface area contributed by atoms with Gasteiger partial charge in [-0.3, -0.25) is 19.3 Å². The van der Waals surface area contributed by atoms with Crippen LogP contribution in [0.2, 0.25) is 0 Å². The van der Waals surface area contributed by atoms with Gasteiger partial charge in [-0.05, 0) is 18.2 Å². The van der Waals surface area contributed by atoms with E-state index in [2.05, 4.69) is 10.1 Å². The first-order valence-electron chi connectivity index (χ1n) is 5.13. The molecule has 2 rings (SSSR count). The monoisotopic (exact) mass is 229 g/mol. The highest BCUT2D eigenvalue weighted by molar-refractivity contribution is 6.12. The van der Waals surface area contributed by atoms with Crippen LogP contribution >= 0.6 is 0 Å². The number of carbonyl (C=O) groups excluding carboxylic acids is 2. The van der Waals surface area contributed by atoms with Crippen LogP contribution in [0.25, 0.3) is 0 Å². The van der Waals surface area contributed by atoms with Gasteiger partial charge in [-0.15, -0.1) is 0 Å². The molecule has 0 saturated heterocycles. The Morgan fingerprint density at radius 2 is 1.88 bits per heavy atom. The molecule has 0 unspecified atom stereocenters. The number of carbonyl (C=O) groups is 2. The zero-order valence-corrected chi connectivity index (χ0v) is 9.33. The van der Waals surface area contributed by atoms with Crippen molar-refractivity contribution in [2.75, 3.05) is 0 Å². The van der Waals surface area contributed by atoms with Gasteiger partial charge in [-0.25, -0.2) is 0 Å². The Hall–Kier alpha value is -2.30. The van der Waals surface area contributed by atoms with Gasteiger partial charge in [0.15, 0.2) is 11.6 Å². The van der Waals surface area contributed by atoms with E-state index < -0.39 is 0 Å². The SMILES string of the molecule is Cn1ccc(C(=O)CC(=O)c2ccncc2)n1. The van der Waals surface area contributed by atoms with E-state index in [1.165, 1.54) is 17.1 Å². The second-order valence-corrected chi connectivity index (χ2v) is 3.63. The quantitative estimate of drug-likeness (QED) is 0.585. The van der Waals surface area contributed by atoms with E-state index in [9.17, 15) is 9.59 Å². The lowest BCUT2D eigenvalue weighted by molar-refractivity contribution is 0.0891.